The minimum absolute atomic E-state index is 0.0257. The fourth-order valence-electron chi connectivity index (χ4n) is 7.19. The minimum atomic E-state index is -1.02. The Balaban J connectivity index is 1.53. The molecule has 0 aromatic heterocycles. The fraction of sp³-hybridized carbons (Fsp3) is 0.611. The standard InChI is InChI=1S/C36H46O10/c1-18-19(2)33(43-21(4)38)34(46-29(18)17-42-20(3)37)45-25-11-10-22(12-26(25)41-9)30-31-23(39)13-35(5,6)15-27(31)44-28-16-36(7,8)14-24(40)32(28)30/h10-12,18-19,29-30,33-34H,13-17H2,1-9H3/t18-,19+,29?,33?,34-/m1/s1. The number of carbonyl (C=O) groups excluding carboxylic acids is 4. The number of hydrogen-bond donors (Lipinski definition) is 0. The lowest BCUT2D eigenvalue weighted by Gasteiger charge is -2.43. The molecule has 0 spiro atoms. The number of hydrogen-bond acceptors (Lipinski definition) is 10. The zero-order chi connectivity index (χ0) is 33.7. The number of ether oxygens (including phenoxy) is 6. The van der Waals surface area contributed by atoms with Gasteiger partial charge in [0.05, 0.1) is 13.2 Å². The van der Waals surface area contributed by atoms with Crippen molar-refractivity contribution in [2.45, 2.75) is 105 Å². The van der Waals surface area contributed by atoms with Crippen molar-refractivity contribution in [3.8, 4) is 11.5 Å². The third kappa shape index (κ3) is 6.73. The summed E-state index contributed by atoms with van der Waals surface area (Å²) in [5, 5.41) is 0. The van der Waals surface area contributed by atoms with E-state index >= 15 is 0 Å². The first-order valence-electron chi connectivity index (χ1n) is 16.0. The molecule has 0 amide bonds. The summed E-state index contributed by atoms with van der Waals surface area (Å²) in [4.78, 5) is 51.0. The lowest BCUT2D eigenvalue weighted by atomic mass is 9.65. The summed E-state index contributed by atoms with van der Waals surface area (Å²) in [5.41, 5.74) is 1.25. The van der Waals surface area contributed by atoms with Crippen molar-refractivity contribution in [1.82, 2.24) is 0 Å². The molecule has 1 aromatic rings. The molecule has 4 aliphatic rings. The average Bonchev–Trinajstić information content (AvgIpc) is 2.93. The molecule has 0 radical (unpaired) electrons. The van der Waals surface area contributed by atoms with Gasteiger partial charge in [-0.05, 0) is 34.4 Å². The summed E-state index contributed by atoms with van der Waals surface area (Å²) < 4.78 is 35.7. The Hall–Kier alpha value is -3.66. The number of carbonyl (C=O) groups is 4. The van der Waals surface area contributed by atoms with Gasteiger partial charge in [0, 0.05) is 62.5 Å². The average molecular weight is 639 g/mol. The van der Waals surface area contributed by atoms with Gasteiger partial charge in [-0.2, -0.15) is 0 Å². The summed E-state index contributed by atoms with van der Waals surface area (Å²) in [7, 11) is 1.51. The maximum Gasteiger partial charge on any atom is 0.303 e. The third-order valence-electron chi connectivity index (χ3n) is 9.61. The van der Waals surface area contributed by atoms with Gasteiger partial charge < -0.3 is 28.4 Å². The lowest BCUT2D eigenvalue weighted by molar-refractivity contribution is -0.253. The zero-order valence-corrected chi connectivity index (χ0v) is 28.3. The van der Waals surface area contributed by atoms with Crippen LogP contribution in [0, 0.1) is 22.7 Å². The van der Waals surface area contributed by atoms with E-state index in [1.165, 1.54) is 21.0 Å². The molecule has 2 heterocycles. The molecule has 5 rings (SSSR count). The maximum atomic E-state index is 13.7. The second-order valence-electron chi connectivity index (χ2n) is 14.8. The maximum absolute atomic E-state index is 13.7. The van der Waals surface area contributed by atoms with E-state index in [4.69, 9.17) is 28.4 Å². The molecule has 10 nitrogen and oxygen atoms in total. The number of rotatable bonds is 7. The molecule has 2 unspecified atom stereocenters. The van der Waals surface area contributed by atoms with Crippen LogP contribution in [0.25, 0.3) is 0 Å². The molecular weight excluding hydrogens is 592 g/mol. The van der Waals surface area contributed by atoms with Gasteiger partial charge in [0.15, 0.2) is 29.2 Å². The monoisotopic (exact) mass is 638 g/mol. The number of Topliss-reactive ketones (excluding diaryl/α,β-unsaturated/α-hetero) is 2. The predicted octanol–water partition coefficient (Wildman–Crippen LogP) is 5.97. The first kappa shape index (κ1) is 33.7. The van der Waals surface area contributed by atoms with Crippen LogP contribution < -0.4 is 9.47 Å². The molecule has 10 heteroatoms. The molecule has 0 N–H and O–H groups in total. The lowest BCUT2D eigenvalue weighted by Crippen LogP contribution is -2.54. The number of allylic oxidation sites excluding steroid dienone is 4. The number of esters is 2. The number of methoxy groups -OCH3 is 1. The van der Waals surface area contributed by atoms with Crippen LogP contribution in [0.4, 0.5) is 0 Å². The summed E-state index contributed by atoms with van der Waals surface area (Å²) in [5.74, 6) is 0.105. The molecular formula is C36H46O10. The summed E-state index contributed by atoms with van der Waals surface area (Å²) in [6.45, 7) is 14.8. The molecule has 250 valence electrons. The van der Waals surface area contributed by atoms with Crippen LogP contribution in [-0.2, 0) is 38.1 Å². The third-order valence-corrected chi connectivity index (χ3v) is 9.61. The molecule has 0 bridgehead atoms. The van der Waals surface area contributed by atoms with Crippen LogP contribution >= 0.6 is 0 Å². The van der Waals surface area contributed by atoms with Gasteiger partial charge in [0.2, 0.25) is 6.29 Å². The zero-order valence-electron chi connectivity index (χ0n) is 28.3. The smallest absolute Gasteiger partial charge is 0.303 e. The van der Waals surface area contributed by atoms with Crippen molar-refractivity contribution in [1.29, 1.82) is 0 Å². The topological polar surface area (TPSA) is 124 Å². The van der Waals surface area contributed by atoms with Gasteiger partial charge in [-0.25, -0.2) is 0 Å². The molecule has 1 aromatic carbocycles. The highest BCUT2D eigenvalue weighted by molar-refractivity contribution is 6.06. The van der Waals surface area contributed by atoms with E-state index in [1.807, 2.05) is 19.9 Å². The highest BCUT2D eigenvalue weighted by Gasteiger charge is 2.49. The normalized spacial score (nSPS) is 28.9. The molecule has 1 fully saturated rings. The van der Waals surface area contributed by atoms with Crippen LogP contribution in [0.5, 0.6) is 11.5 Å². The molecule has 1 saturated heterocycles. The van der Waals surface area contributed by atoms with E-state index in [9.17, 15) is 19.2 Å². The second kappa shape index (κ2) is 12.5. The summed E-state index contributed by atoms with van der Waals surface area (Å²) >= 11 is 0. The van der Waals surface area contributed by atoms with Crippen LogP contribution in [0.3, 0.4) is 0 Å². The predicted molar refractivity (Wildman–Crippen MR) is 167 cm³/mol. The van der Waals surface area contributed by atoms with Gasteiger partial charge in [-0.1, -0.05) is 47.6 Å². The molecule has 5 atom stereocenters. The van der Waals surface area contributed by atoms with Gasteiger partial charge in [-0.15, -0.1) is 0 Å². The molecule has 2 aliphatic heterocycles. The number of ketones is 2. The van der Waals surface area contributed by atoms with Crippen LogP contribution in [0.15, 0.2) is 40.9 Å². The Bertz CT molecular complexity index is 1440. The van der Waals surface area contributed by atoms with Crippen molar-refractivity contribution >= 4 is 23.5 Å². The molecule has 46 heavy (non-hydrogen) atoms. The number of benzene rings is 1. The summed E-state index contributed by atoms with van der Waals surface area (Å²) in [6.07, 6.45) is -0.366. The van der Waals surface area contributed by atoms with Crippen molar-refractivity contribution in [3.05, 3.63) is 46.4 Å². The van der Waals surface area contributed by atoms with Gasteiger partial charge in [0.1, 0.15) is 18.1 Å². The SMILES string of the molecule is COc1cc(C2C3=C(CC(C)(C)CC3=O)OC3=C2C(=O)CC(C)(C)C3)ccc1O[C@@H]1OC(COC(C)=O)[C@H](C)[C@H](C)C1OC(C)=O. The quantitative estimate of drug-likeness (QED) is 0.330. The van der Waals surface area contributed by atoms with Crippen molar-refractivity contribution in [2.24, 2.45) is 22.7 Å². The first-order chi connectivity index (χ1) is 21.5. The van der Waals surface area contributed by atoms with Gasteiger partial charge in [0.25, 0.3) is 0 Å². The van der Waals surface area contributed by atoms with E-state index in [2.05, 4.69) is 27.7 Å². The van der Waals surface area contributed by atoms with Crippen molar-refractivity contribution in [3.63, 3.8) is 0 Å². The van der Waals surface area contributed by atoms with E-state index in [1.54, 1.807) is 12.1 Å². The van der Waals surface area contributed by atoms with Crippen LogP contribution in [0.2, 0.25) is 0 Å². The van der Waals surface area contributed by atoms with Gasteiger partial charge in [-0.3, -0.25) is 19.2 Å². The van der Waals surface area contributed by atoms with E-state index < -0.39 is 36.4 Å². The highest BCUT2D eigenvalue weighted by Crippen LogP contribution is 2.54. The minimum Gasteiger partial charge on any atom is -0.493 e. The Morgan fingerprint density at radius 2 is 1.43 bits per heavy atom. The van der Waals surface area contributed by atoms with Crippen molar-refractivity contribution in [2.75, 3.05) is 13.7 Å². The van der Waals surface area contributed by atoms with Gasteiger partial charge >= 0.3 is 11.9 Å². The van der Waals surface area contributed by atoms with E-state index in [0.717, 1.165) is 0 Å². The Morgan fingerprint density at radius 1 is 0.848 bits per heavy atom. The second-order valence-corrected chi connectivity index (χ2v) is 14.8. The van der Waals surface area contributed by atoms with Crippen LogP contribution in [0.1, 0.15) is 92.6 Å². The highest BCUT2D eigenvalue weighted by atomic mass is 16.7. The Morgan fingerprint density at radius 3 is 1.96 bits per heavy atom. The van der Waals surface area contributed by atoms with Crippen molar-refractivity contribution < 1.29 is 47.6 Å². The fourth-order valence-corrected chi connectivity index (χ4v) is 7.19. The molecule has 2 aliphatic carbocycles. The summed E-state index contributed by atoms with van der Waals surface area (Å²) in [6, 6.07) is 5.33. The van der Waals surface area contributed by atoms with E-state index in [-0.39, 0.29) is 40.8 Å². The Labute approximate surface area is 270 Å². The largest absolute Gasteiger partial charge is 0.493 e. The molecule has 0 saturated carbocycles. The van der Waals surface area contributed by atoms with E-state index in [0.29, 0.717) is 65.4 Å². The van der Waals surface area contributed by atoms with Crippen LogP contribution in [-0.4, -0.2) is 55.7 Å². The first-order valence-corrected chi connectivity index (χ1v) is 16.0. The Kier molecular flexibility index (Phi) is 9.16.